The van der Waals surface area contributed by atoms with Gasteiger partial charge in [-0.25, -0.2) is 0 Å². The third-order valence-corrected chi connectivity index (χ3v) is 1.78. The Kier molecular flexibility index (Phi) is 4.23. The van der Waals surface area contributed by atoms with Gasteiger partial charge in [0.1, 0.15) is 0 Å². The number of rotatable bonds is 5. The molecular weight excluding hydrogens is 160 g/mol. The van der Waals surface area contributed by atoms with Crippen LogP contribution in [0.4, 0.5) is 0 Å². The summed E-state index contributed by atoms with van der Waals surface area (Å²) in [6, 6.07) is 9.93. The fourth-order valence-electron chi connectivity index (χ4n) is 1.08. The van der Waals surface area contributed by atoms with Crippen molar-refractivity contribution in [3.8, 4) is 0 Å². The summed E-state index contributed by atoms with van der Waals surface area (Å²) < 4.78 is 0. The zero-order chi connectivity index (χ0) is 9.52. The highest BCUT2D eigenvalue weighted by Gasteiger charge is 1.95. The average molecular weight is 175 g/mol. The summed E-state index contributed by atoms with van der Waals surface area (Å²) in [6.07, 6.45) is 0. The minimum absolute atomic E-state index is 0.641. The van der Waals surface area contributed by atoms with Gasteiger partial charge in [0.2, 0.25) is 0 Å². The number of benzene rings is 1. The van der Waals surface area contributed by atoms with Crippen LogP contribution in [0.2, 0.25) is 0 Å². The highest BCUT2D eigenvalue weighted by atomic mass is 14.9. The topological polar surface area (TPSA) is 38.0 Å². The first-order valence-electron chi connectivity index (χ1n) is 4.42. The number of nitrogens with one attached hydrogen (secondary N) is 1. The lowest BCUT2D eigenvalue weighted by Gasteiger charge is -2.06. The monoisotopic (exact) mass is 175 g/mol. The first kappa shape index (κ1) is 9.96. The predicted molar refractivity (Wildman–Crippen MR) is 56.1 cm³/mol. The highest BCUT2D eigenvalue weighted by molar-refractivity contribution is 5.63. The van der Waals surface area contributed by atoms with Crippen LogP contribution in [0.15, 0.2) is 30.3 Å². The smallest absolute Gasteiger partial charge is 0.0211 e. The second-order valence-corrected chi connectivity index (χ2v) is 2.86. The lowest BCUT2D eigenvalue weighted by atomic mass is 10.1. The first-order valence-corrected chi connectivity index (χ1v) is 4.42. The van der Waals surface area contributed by atoms with Gasteiger partial charge < -0.3 is 11.1 Å². The second-order valence-electron chi connectivity index (χ2n) is 2.86. The third-order valence-electron chi connectivity index (χ3n) is 1.78. The molecule has 0 saturated heterocycles. The Labute approximate surface area is 79.5 Å². The summed E-state index contributed by atoms with van der Waals surface area (Å²) in [7, 11) is 0. The fourth-order valence-corrected chi connectivity index (χ4v) is 1.08. The Balaban J connectivity index is 2.40. The molecule has 0 aliphatic rings. The van der Waals surface area contributed by atoms with Crippen molar-refractivity contribution >= 4 is 5.57 Å². The molecule has 0 bridgehead atoms. The highest BCUT2D eigenvalue weighted by Crippen LogP contribution is 2.09. The zero-order valence-corrected chi connectivity index (χ0v) is 7.66. The van der Waals surface area contributed by atoms with Gasteiger partial charge in [-0.2, -0.15) is 0 Å². The summed E-state index contributed by atoms with van der Waals surface area (Å²) in [6.45, 7) is 7.98. The second kappa shape index (κ2) is 5.51. The van der Waals surface area contributed by atoms with Crippen molar-refractivity contribution in [2.45, 2.75) is 0 Å². The van der Waals surface area contributed by atoms with Crippen LogP contribution in [0.5, 0.6) is 0 Å². The molecule has 0 aliphatic carbocycles. The number of hydrogen-bond acceptors (Lipinski definition) is 2. The molecule has 0 fully saturated rings. The Morgan fingerprint density at radius 2 is 2.00 bits per heavy atom. The predicted octanol–water partition coefficient (Wildman–Crippen LogP) is 1.05. The average Bonchev–Trinajstić information content (AvgIpc) is 2.19. The van der Waals surface area contributed by atoms with E-state index >= 15 is 0 Å². The maximum Gasteiger partial charge on any atom is 0.0211 e. The van der Waals surface area contributed by atoms with Gasteiger partial charge in [0.15, 0.2) is 0 Å². The van der Waals surface area contributed by atoms with E-state index < -0.39 is 0 Å². The lowest BCUT2D eigenvalue weighted by Crippen LogP contribution is -2.23. The molecule has 1 radical (unpaired) electrons. The zero-order valence-electron chi connectivity index (χ0n) is 7.66. The van der Waals surface area contributed by atoms with Gasteiger partial charge in [-0.15, -0.1) is 0 Å². The molecule has 0 aromatic heterocycles. The summed E-state index contributed by atoms with van der Waals surface area (Å²) >= 11 is 0. The molecule has 1 aromatic rings. The fraction of sp³-hybridized carbons (Fsp3) is 0.273. The minimum Gasteiger partial charge on any atom is -0.329 e. The molecule has 2 nitrogen and oxygen atoms in total. The number of hydrogen-bond donors (Lipinski definition) is 2. The number of nitrogens with two attached hydrogens (primary N) is 1. The molecular formula is C11H15N2. The maximum atomic E-state index is 5.85. The summed E-state index contributed by atoms with van der Waals surface area (Å²) in [4.78, 5) is 0. The van der Waals surface area contributed by atoms with E-state index in [1.54, 1.807) is 0 Å². The largest absolute Gasteiger partial charge is 0.329 e. The molecule has 0 amide bonds. The van der Waals surface area contributed by atoms with Crippen LogP contribution in [0.1, 0.15) is 5.56 Å². The van der Waals surface area contributed by atoms with Crippen LogP contribution in [-0.4, -0.2) is 19.6 Å². The van der Waals surface area contributed by atoms with Crippen molar-refractivity contribution in [2.75, 3.05) is 19.6 Å². The Morgan fingerprint density at radius 1 is 1.31 bits per heavy atom. The molecule has 0 unspecified atom stereocenters. The van der Waals surface area contributed by atoms with Gasteiger partial charge >= 0.3 is 0 Å². The molecule has 3 N–H and O–H groups in total. The molecule has 0 saturated carbocycles. The maximum absolute atomic E-state index is 5.85. The molecule has 0 aliphatic heterocycles. The van der Waals surface area contributed by atoms with E-state index in [0.717, 1.165) is 17.7 Å². The van der Waals surface area contributed by atoms with Gasteiger partial charge in [0.05, 0.1) is 0 Å². The van der Waals surface area contributed by atoms with Crippen LogP contribution >= 0.6 is 0 Å². The van der Waals surface area contributed by atoms with Gasteiger partial charge in [-0.05, 0) is 11.1 Å². The van der Waals surface area contributed by atoms with Crippen molar-refractivity contribution in [2.24, 2.45) is 5.73 Å². The van der Waals surface area contributed by atoms with Crippen LogP contribution in [0.25, 0.3) is 5.57 Å². The van der Waals surface area contributed by atoms with E-state index in [1.165, 1.54) is 0 Å². The molecule has 0 spiro atoms. The molecule has 0 heterocycles. The lowest BCUT2D eigenvalue weighted by molar-refractivity contribution is 0.760. The normalized spacial score (nSPS) is 9.92. The van der Waals surface area contributed by atoms with Crippen LogP contribution < -0.4 is 11.1 Å². The van der Waals surface area contributed by atoms with Crippen molar-refractivity contribution in [1.82, 2.24) is 5.32 Å². The van der Waals surface area contributed by atoms with Gasteiger partial charge in [-0.1, -0.05) is 36.9 Å². The quantitative estimate of drug-likeness (QED) is 0.656. The minimum atomic E-state index is 0.641. The molecule has 13 heavy (non-hydrogen) atoms. The van der Waals surface area contributed by atoms with E-state index in [1.807, 2.05) is 30.3 Å². The Bertz CT molecular complexity index is 254. The van der Waals surface area contributed by atoms with Gasteiger partial charge in [0, 0.05) is 19.6 Å². The summed E-state index contributed by atoms with van der Waals surface area (Å²) in [5.74, 6) is 0. The SMILES string of the molecule is [CH]=C(CNCCN)c1ccccc1. The Morgan fingerprint density at radius 3 is 2.62 bits per heavy atom. The van der Waals surface area contributed by atoms with Crippen LogP contribution in [-0.2, 0) is 0 Å². The van der Waals surface area contributed by atoms with Gasteiger partial charge in [-0.3, -0.25) is 0 Å². The third kappa shape index (κ3) is 3.40. The van der Waals surface area contributed by atoms with E-state index in [-0.39, 0.29) is 0 Å². The van der Waals surface area contributed by atoms with E-state index in [9.17, 15) is 0 Å². The van der Waals surface area contributed by atoms with Crippen molar-refractivity contribution in [1.29, 1.82) is 0 Å². The van der Waals surface area contributed by atoms with Crippen molar-refractivity contribution < 1.29 is 0 Å². The van der Waals surface area contributed by atoms with Crippen LogP contribution in [0.3, 0.4) is 0 Å². The van der Waals surface area contributed by atoms with Crippen molar-refractivity contribution in [3.63, 3.8) is 0 Å². The molecule has 1 aromatic carbocycles. The van der Waals surface area contributed by atoms with E-state index in [2.05, 4.69) is 5.32 Å². The molecule has 2 heteroatoms. The molecule has 69 valence electrons. The van der Waals surface area contributed by atoms with Crippen LogP contribution in [0, 0.1) is 6.58 Å². The standard InChI is InChI=1S/C11H15N2/c1-10(9-13-8-7-12)11-5-3-2-4-6-11/h1-6,13H,7-9,12H2. The van der Waals surface area contributed by atoms with E-state index in [4.69, 9.17) is 12.3 Å². The van der Waals surface area contributed by atoms with E-state index in [0.29, 0.717) is 13.1 Å². The molecule has 1 rings (SSSR count). The molecule has 0 atom stereocenters. The first-order chi connectivity index (χ1) is 6.34. The van der Waals surface area contributed by atoms with Crippen molar-refractivity contribution in [3.05, 3.63) is 42.5 Å². The van der Waals surface area contributed by atoms with Gasteiger partial charge in [0.25, 0.3) is 0 Å². The Hall–Kier alpha value is -1.12. The summed E-state index contributed by atoms with van der Waals surface area (Å²) in [5, 5.41) is 3.15. The summed E-state index contributed by atoms with van der Waals surface area (Å²) in [5.41, 5.74) is 7.27.